The average Bonchev–Trinajstić information content (AvgIpc) is 2.36. The summed E-state index contributed by atoms with van der Waals surface area (Å²) < 4.78 is 0.621. The number of likely N-dealkylation sites (N-methyl/N-ethyl adjacent to an activating group) is 1. The molecule has 1 heterocycles. The second kappa shape index (κ2) is 7.10. The highest BCUT2D eigenvalue weighted by Gasteiger charge is 2.17. The maximum Gasteiger partial charge on any atom is 0.273 e. The zero-order valence-corrected chi connectivity index (χ0v) is 12.0. The molecular weight excluding hydrogens is 298 g/mol. The van der Waals surface area contributed by atoms with Gasteiger partial charge in [0.25, 0.3) is 5.91 Å². The molecule has 0 atom stereocenters. The number of pyridine rings is 1. The van der Waals surface area contributed by atoms with Gasteiger partial charge in [0.15, 0.2) is 0 Å². The van der Waals surface area contributed by atoms with Gasteiger partial charge in [-0.3, -0.25) is 9.59 Å². The summed E-state index contributed by atoms with van der Waals surface area (Å²) in [6, 6.07) is 3.47. The molecule has 98 valence electrons. The molecule has 0 fully saturated rings. The number of amides is 2. The van der Waals surface area contributed by atoms with E-state index in [-0.39, 0.29) is 18.4 Å². The molecule has 6 heteroatoms. The van der Waals surface area contributed by atoms with Gasteiger partial charge in [0.05, 0.1) is 6.54 Å². The Hall–Kier alpha value is -1.43. The van der Waals surface area contributed by atoms with Crippen molar-refractivity contribution in [1.29, 1.82) is 0 Å². The molecule has 0 unspecified atom stereocenters. The van der Waals surface area contributed by atoms with Crippen molar-refractivity contribution in [3.05, 3.63) is 28.5 Å². The Morgan fingerprint density at radius 1 is 1.50 bits per heavy atom. The van der Waals surface area contributed by atoms with Crippen LogP contribution in [0.3, 0.4) is 0 Å². The number of carbonyl (C=O) groups is 2. The first-order chi connectivity index (χ1) is 8.56. The van der Waals surface area contributed by atoms with Gasteiger partial charge in [-0.2, -0.15) is 0 Å². The lowest BCUT2D eigenvalue weighted by Crippen LogP contribution is -2.38. The van der Waals surface area contributed by atoms with Crippen molar-refractivity contribution in [3.8, 4) is 0 Å². The second-order valence-corrected chi connectivity index (χ2v) is 4.70. The molecule has 18 heavy (non-hydrogen) atoms. The number of hydrogen-bond acceptors (Lipinski definition) is 3. The summed E-state index contributed by atoms with van der Waals surface area (Å²) in [5, 5.41) is 2.72. The predicted molar refractivity (Wildman–Crippen MR) is 72.2 cm³/mol. The molecule has 0 radical (unpaired) electrons. The molecule has 0 saturated carbocycles. The minimum absolute atomic E-state index is 0.0296. The van der Waals surface area contributed by atoms with E-state index in [1.807, 2.05) is 6.92 Å². The quantitative estimate of drug-likeness (QED) is 0.894. The molecular formula is C12H16BrN3O2. The molecule has 0 aliphatic carbocycles. The summed E-state index contributed by atoms with van der Waals surface area (Å²) in [6.45, 7) is 2.62. The molecule has 1 aromatic rings. The van der Waals surface area contributed by atoms with Crippen LogP contribution >= 0.6 is 15.9 Å². The summed E-state index contributed by atoms with van der Waals surface area (Å²) in [4.78, 5) is 28.9. The van der Waals surface area contributed by atoms with Gasteiger partial charge in [0.1, 0.15) is 5.69 Å². The molecule has 2 amide bonds. The van der Waals surface area contributed by atoms with Gasteiger partial charge in [-0.15, -0.1) is 0 Å². The van der Waals surface area contributed by atoms with Crippen molar-refractivity contribution in [2.45, 2.75) is 13.3 Å². The molecule has 0 aliphatic rings. The Kier molecular flexibility index (Phi) is 5.77. The smallest absolute Gasteiger partial charge is 0.273 e. The normalized spacial score (nSPS) is 9.94. The SMILES string of the molecule is CCCNC(=O)CN(C)C(=O)c1ncccc1Br. The molecule has 1 rings (SSSR count). The third-order valence-electron chi connectivity index (χ3n) is 2.26. The van der Waals surface area contributed by atoms with E-state index in [1.165, 1.54) is 4.90 Å². The van der Waals surface area contributed by atoms with Crippen molar-refractivity contribution in [3.63, 3.8) is 0 Å². The van der Waals surface area contributed by atoms with Crippen LogP contribution in [0.15, 0.2) is 22.8 Å². The summed E-state index contributed by atoms with van der Waals surface area (Å²) in [5.74, 6) is -0.450. The van der Waals surface area contributed by atoms with E-state index < -0.39 is 0 Å². The number of nitrogens with one attached hydrogen (secondary N) is 1. The van der Waals surface area contributed by atoms with E-state index >= 15 is 0 Å². The van der Waals surface area contributed by atoms with E-state index in [2.05, 4.69) is 26.2 Å². The van der Waals surface area contributed by atoms with E-state index in [4.69, 9.17) is 0 Å². The Bertz CT molecular complexity index is 437. The fourth-order valence-electron chi connectivity index (χ4n) is 1.33. The fourth-order valence-corrected chi connectivity index (χ4v) is 1.76. The molecule has 5 nitrogen and oxygen atoms in total. The molecule has 0 bridgehead atoms. The zero-order chi connectivity index (χ0) is 13.5. The van der Waals surface area contributed by atoms with Gasteiger partial charge in [0.2, 0.25) is 5.91 Å². The molecule has 0 aliphatic heterocycles. The number of aromatic nitrogens is 1. The molecule has 0 aromatic carbocycles. The van der Waals surface area contributed by atoms with Gasteiger partial charge < -0.3 is 10.2 Å². The minimum Gasteiger partial charge on any atom is -0.355 e. The van der Waals surface area contributed by atoms with E-state index in [0.717, 1.165) is 6.42 Å². The van der Waals surface area contributed by atoms with Crippen LogP contribution in [0.1, 0.15) is 23.8 Å². The summed E-state index contributed by atoms with van der Waals surface area (Å²) in [5.41, 5.74) is 0.309. The summed E-state index contributed by atoms with van der Waals surface area (Å²) >= 11 is 3.26. The Morgan fingerprint density at radius 2 is 2.22 bits per heavy atom. The van der Waals surface area contributed by atoms with Crippen LogP contribution in [0.5, 0.6) is 0 Å². The molecule has 0 saturated heterocycles. The topological polar surface area (TPSA) is 62.3 Å². The summed E-state index contributed by atoms with van der Waals surface area (Å²) in [6.07, 6.45) is 2.41. The number of halogens is 1. The highest BCUT2D eigenvalue weighted by Crippen LogP contribution is 2.14. The second-order valence-electron chi connectivity index (χ2n) is 3.84. The minimum atomic E-state index is -0.283. The highest BCUT2D eigenvalue weighted by molar-refractivity contribution is 9.10. The maximum absolute atomic E-state index is 12.0. The monoisotopic (exact) mass is 313 g/mol. The molecule has 1 N–H and O–H groups in total. The van der Waals surface area contributed by atoms with Crippen LogP contribution < -0.4 is 5.32 Å². The third kappa shape index (κ3) is 4.10. The van der Waals surface area contributed by atoms with Crippen LogP contribution in [0.4, 0.5) is 0 Å². The van der Waals surface area contributed by atoms with Gasteiger partial charge >= 0.3 is 0 Å². The van der Waals surface area contributed by atoms with E-state index in [0.29, 0.717) is 16.7 Å². The molecule has 1 aromatic heterocycles. The van der Waals surface area contributed by atoms with E-state index in [1.54, 1.807) is 25.4 Å². The largest absolute Gasteiger partial charge is 0.355 e. The van der Waals surface area contributed by atoms with Crippen LogP contribution in [-0.4, -0.2) is 41.8 Å². The average molecular weight is 314 g/mol. The predicted octanol–water partition coefficient (Wildman–Crippen LogP) is 1.44. The zero-order valence-electron chi connectivity index (χ0n) is 10.4. The fraction of sp³-hybridized carbons (Fsp3) is 0.417. The van der Waals surface area contributed by atoms with Gasteiger partial charge in [0, 0.05) is 24.3 Å². The van der Waals surface area contributed by atoms with Crippen LogP contribution in [0.25, 0.3) is 0 Å². The lowest BCUT2D eigenvalue weighted by Gasteiger charge is -2.16. The van der Waals surface area contributed by atoms with Gasteiger partial charge in [-0.05, 0) is 34.5 Å². The molecule has 0 spiro atoms. The lowest BCUT2D eigenvalue weighted by atomic mass is 10.3. The Balaban J connectivity index is 2.62. The Morgan fingerprint density at radius 3 is 2.83 bits per heavy atom. The van der Waals surface area contributed by atoms with Crippen molar-refractivity contribution < 1.29 is 9.59 Å². The van der Waals surface area contributed by atoms with Gasteiger partial charge in [-0.25, -0.2) is 4.98 Å². The third-order valence-corrected chi connectivity index (χ3v) is 2.90. The van der Waals surface area contributed by atoms with Crippen molar-refractivity contribution in [1.82, 2.24) is 15.2 Å². The number of carbonyl (C=O) groups excluding carboxylic acids is 2. The standard InChI is InChI=1S/C12H16BrN3O2/c1-3-6-14-10(17)8-16(2)12(18)11-9(13)5-4-7-15-11/h4-5,7H,3,6,8H2,1-2H3,(H,14,17). The summed E-state index contributed by atoms with van der Waals surface area (Å²) in [7, 11) is 1.58. The first-order valence-corrected chi connectivity index (χ1v) is 6.48. The first-order valence-electron chi connectivity index (χ1n) is 5.69. The van der Waals surface area contributed by atoms with Crippen molar-refractivity contribution >= 4 is 27.7 Å². The Labute approximate surface area is 115 Å². The number of hydrogen-bond donors (Lipinski definition) is 1. The van der Waals surface area contributed by atoms with Crippen molar-refractivity contribution in [2.24, 2.45) is 0 Å². The highest BCUT2D eigenvalue weighted by atomic mass is 79.9. The number of rotatable bonds is 5. The van der Waals surface area contributed by atoms with Crippen LogP contribution in [0.2, 0.25) is 0 Å². The number of nitrogens with zero attached hydrogens (tertiary/aromatic N) is 2. The van der Waals surface area contributed by atoms with Crippen LogP contribution in [-0.2, 0) is 4.79 Å². The van der Waals surface area contributed by atoms with E-state index in [9.17, 15) is 9.59 Å². The maximum atomic E-state index is 12.0. The first kappa shape index (κ1) is 14.6. The lowest BCUT2D eigenvalue weighted by molar-refractivity contribution is -0.121. The van der Waals surface area contributed by atoms with Crippen molar-refractivity contribution in [2.75, 3.05) is 20.1 Å². The van der Waals surface area contributed by atoms with Crippen LogP contribution in [0, 0.1) is 0 Å². The van der Waals surface area contributed by atoms with Gasteiger partial charge in [-0.1, -0.05) is 6.92 Å².